The van der Waals surface area contributed by atoms with E-state index in [-0.39, 0.29) is 0 Å². The Labute approximate surface area is 97.3 Å². The summed E-state index contributed by atoms with van der Waals surface area (Å²) in [5.74, 6) is 0.377. The van der Waals surface area contributed by atoms with Crippen molar-refractivity contribution in [2.24, 2.45) is 5.92 Å². The standard InChI is InChI=1S/C11H15BrOS/c1-8-4-2-3-5-11(8,13)9-6-14-7-10(9)12/h6-8,13H,2-5H2,1H3. The summed E-state index contributed by atoms with van der Waals surface area (Å²) in [4.78, 5) is 0. The van der Waals surface area contributed by atoms with Gasteiger partial charge in [0.1, 0.15) is 0 Å². The highest BCUT2D eigenvalue weighted by atomic mass is 79.9. The highest BCUT2D eigenvalue weighted by Gasteiger charge is 2.39. The Bertz CT molecular complexity index is 323. The third-order valence-electron chi connectivity index (χ3n) is 3.34. The summed E-state index contributed by atoms with van der Waals surface area (Å²) in [5, 5.41) is 14.8. The van der Waals surface area contributed by atoms with Gasteiger partial charge in [-0.1, -0.05) is 19.8 Å². The average molecular weight is 275 g/mol. The van der Waals surface area contributed by atoms with Crippen LogP contribution in [0.3, 0.4) is 0 Å². The van der Waals surface area contributed by atoms with Crippen molar-refractivity contribution < 1.29 is 5.11 Å². The summed E-state index contributed by atoms with van der Waals surface area (Å²) in [7, 11) is 0. The van der Waals surface area contributed by atoms with E-state index < -0.39 is 5.60 Å². The summed E-state index contributed by atoms with van der Waals surface area (Å²) in [6.07, 6.45) is 4.44. The molecule has 0 aromatic carbocycles. The zero-order valence-electron chi connectivity index (χ0n) is 8.29. The molecular weight excluding hydrogens is 260 g/mol. The Morgan fingerprint density at radius 1 is 1.50 bits per heavy atom. The van der Waals surface area contributed by atoms with E-state index in [9.17, 15) is 5.11 Å². The van der Waals surface area contributed by atoms with Gasteiger partial charge in [0.2, 0.25) is 0 Å². The third-order valence-corrected chi connectivity index (χ3v) is 5.04. The SMILES string of the molecule is CC1CCCCC1(O)c1cscc1Br. The lowest BCUT2D eigenvalue weighted by Gasteiger charge is -2.38. The third kappa shape index (κ3) is 1.66. The maximum absolute atomic E-state index is 10.7. The minimum atomic E-state index is -0.586. The van der Waals surface area contributed by atoms with Crippen LogP contribution in [0.4, 0.5) is 0 Å². The molecule has 1 saturated carbocycles. The van der Waals surface area contributed by atoms with E-state index >= 15 is 0 Å². The number of aliphatic hydroxyl groups is 1. The number of rotatable bonds is 1. The predicted molar refractivity (Wildman–Crippen MR) is 63.5 cm³/mol. The van der Waals surface area contributed by atoms with Gasteiger partial charge in [-0.25, -0.2) is 0 Å². The molecule has 3 heteroatoms. The van der Waals surface area contributed by atoms with Gasteiger partial charge in [0.25, 0.3) is 0 Å². The van der Waals surface area contributed by atoms with Crippen LogP contribution in [-0.4, -0.2) is 5.11 Å². The zero-order valence-corrected chi connectivity index (χ0v) is 10.7. The first-order chi connectivity index (χ1) is 6.64. The van der Waals surface area contributed by atoms with Crippen molar-refractivity contribution in [1.29, 1.82) is 0 Å². The molecule has 1 aliphatic carbocycles. The molecule has 2 atom stereocenters. The maximum Gasteiger partial charge on any atom is 0.0940 e. The molecule has 0 bridgehead atoms. The topological polar surface area (TPSA) is 20.2 Å². The van der Waals surface area contributed by atoms with Gasteiger partial charge in [0, 0.05) is 15.4 Å². The minimum Gasteiger partial charge on any atom is -0.385 e. The second-order valence-electron chi connectivity index (χ2n) is 4.20. The van der Waals surface area contributed by atoms with Crippen molar-refractivity contribution in [3.8, 4) is 0 Å². The molecule has 1 aromatic heterocycles. The summed E-state index contributed by atoms with van der Waals surface area (Å²) < 4.78 is 1.07. The van der Waals surface area contributed by atoms with Crippen LogP contribution in [0.5, 0.6) is 0 Å². The van der Waals surface area contributed by atoms with Crippen molar-refractivity contribution in [1.82, 2.24) is 0 Å². The van der Waals surface area contributed by atoms with E-state index in [2.05, 4.69) is 33.6 Å². The highest BCUT2D eigenvalue weighted by Crippen LogP contribution is 2.44. The van der Waals surface area contributed by atoms with E-state index in [0.29, 0.717) is 5.92 Å². The lowest BCUT2D eigenvalue weighted by Crippen LogP contribution is -2.36. The summed E-state index contributed by atoms with van der Waals surface area (Å²) in [6.45, 7) is 2.16. The predicted octanol–water partition coefficient (Wildman–Crippen LogP) is 3.91. The number of halogens is 1. The number of thiophene rings is 1. The first-order valence-electron chi connectivity index (χ1n) is 5.09. The molecule has 2 unspecified atom stereocenters. The normalized spacial score (nSPS) is 33.2. The van der Waals surface area contributed by atoms with Crippen molar-refractivity contribution in [3.05, 3.63) is 20.8 Å². The van der Waals surface area contributed by atoms with Crippen molar-refractivity contribution in [2.75, 3.05) is 0 Å². The zero-order chi connectivity index (χ0) is 10.2. The Hall–Kier alpha value is 0.140. The smallest absolute Gasteiger partial charge is 0.0940 e. The van der Waals surface area contributed by atoms with Crippen LogP contribution in [0, 0.1) is 5.92 Å². The van der Waals surface area contributed by atoms with Crippen LogP contribution in [0.2, 0.25) is 0 Å². The molecule has 78 valence electrons. The van der Waals surface area contributed by atoms with Gasteiger partial charge in [-0.15, -0.1) is 0 Å². The average Bonchev–Trinajstić information content (AvgIpc) is 2.57. The summed E-state index contributed by atoms with van der Waals surface area (Å²) >= 11 is 5.17. The number of hydrogen-bond donors (Lipinski definition) is 1. The maximum atomic E-state index is 10.7. The molecule has 0 aliphatic heterocycles. The van der Waals surface area contributed by atoms with Crippen LogP contribution in [0.25, 0.3) is 0 Å². The van der Waals surface area contributed by atoms with E-state index in [1.165, 1.54) is 6.42 Å². The molecule has 0 radical (unpaired) electrons. The molecule has 1 heterocycles. The second kappa shape index (κ2) is 3.95. The molecule has 1 aromatic rings. The van der Waals surface area contributed by atoms with Crippen LogP contribution in [0.15, 0.2) is 15.2 Å². The molecule has 0 amide bonds. The molecule has 2 rings (SSSR count). The van der Waals surface area contributed by atoms with Crippen molar-refractivity contribution in [2.45, 2.75) is 38.2 Å². The lowest BCUT2D eigenvalue weighted by molar-refractivity contribution is -0.0471. The van der Waals surface area contributed by atoms with E-state index in [1.54, 1.807) is 11.3 Å². The molecule has 0 spiro atoms. The molecule has 1 N–H and O–H groups in total. The quantitative estimate of drug-likeness (QED) is 0.824. The van der Waals surface area contributed by atoms with Gasteiger partial charge >= 0.3 is 0 Å². The fourth-order valence-corrected chi connectivity index (χ4v) is 4.04. The van der Waals surface area contributed by atoms with E-state index in [4.69, 9.17) is 0 Å². The van der Waals surface area contributed by atoms with Gasteiger partial charge < -0.3 is 5.11 Å². The molecule has 1 fully saturated rings. The van der Waals surface area contributed by atoms with Crippen molar-refractivity contribution >= 4 is 27.3 Å². The van der Waals surface area contributed by atoms with Gasteiger partial charge in [-0.2, -0.15) is 11.3 Å². The first-order valence-corrected chi connectivity index (χ1v) is 6.82. The first kappa shape index (κ1) is 10.7. The molecule has 0 saturated heterocycles. The van der Waals surface area contributed by atoms with Crippen LogP contribution < -0.4 is 0 Å². The second-order valence-corrected chi connectivity index (χ2v) is 5.80. The highest BCUT2D eigenvalue weighted by molar-refractivity contribution is 9.10. The Kier molecular flexibility index (Phi) is 3.01. The summed E-state index contributed by atoms with van der Waals surface area (Å²) in [5.41, 5.74) is 0.506. The van der Waals surface area contributed by atoms with Crippen LogP contribution in [0.1, 0.15) is 38.2 Å². The number of hydrogen-bond acceptors (Lipinski definition) is 2. The van der Waals surface area contributed by atoms with E-state index in [0.717, 1.165) is 29.3 Å². The van der Waals surface area contributed by atoms with Crippen molar-refractivity contribution in [3.63, 3.8) is 0 Å². The fraction of sp³-hybridized carbons (Fsp3) is 0.636. The molecule has 1 nitrogen and oxygen atoms in total. The Balaban J connectivity index is 2.34. The van der Waals surface area contributed by atoms with Gasteiger partial charge in [0.05, 0.1) is 5.60 Å². The summed E-state index contributed by atoms with van der Waals surface area (Å²) in [6, 6.07) is 0. The van der Waals surface area contributed by atoms with Gasteiger partial charge in [0.15, 0.2) is 0 Å². The van der Waals surface area contributed by atoms with Gasteiger partial charge in [-0.3, -0.25) is 0 Å². The fourth-order valence-electron chi connectivity index (χ4n) is 2.32. The Morgan fingerprint density at radius 3 is 2.86 bits per heavy atom. The molecule has 1 aliphatic rings. The van der Waals surface area contributed by atoms with Crippen LogP contribution >= 0.6 is 27.3 Å². The Morgan fingerprint density at radius 2 is 2.29 bits per heavy atom. The monoisotopic (exact) mass is 274 g/mol. The lowest BCUT2D eigenvalue weighted by atomic mass is 9.73. The van der Waals surface area contributed by atoms with E-state index in [1.807, 2.05) is 0 Å². The van der Waals surface area contributed by atoms with Crippen LogP contribution in [-0.2, 0) is 5.60 Å². The minimum absolute atomic E-state index is 0.377. The van der Waals surface area contributed by atoms with Gasteiger partial charge in [-0.05, 0) is 40.1 Å². The largest absolute Gasteiger partial charge is 0.385 e. The molecule has 14 heavy (non-hydrogen) atoms. The molecular formula is C11H15BrOS.